The Balaban J connectivity index is 2.01. The number of carbonyl (C=O) groups is 1. The standard InChI is InChI=1S/C14H20N2OS/c1-14(2,11-6-4-3-5-7-11)16-13(17)12-10-18-9-8-15-12/h3-7,12,15H,8-10H2,1-2H3,(H,16,17). The Morgan fingerprint density at radius 2 is 2.11 bits per heavy atom. The molecule has 0 radical (unpaired) electrons. The van der Waals surface area contributed by atoms with E-state index in [1.165, 1.54) is 0 Å². The van der Waals surface area contributed by atoms with Crippen LogP contribution in [0.4, 0.5) is 0 Å². The van der Waals surface area contributed by atoms with Crippen LogP contribution in [0.2, 0.25) is 0 Å². The van der Waals surface area contributed by atoms with Crippen LogP contribution in [-0.2, 0) is 10.3 Å². The van der Waals surface area contributed by atoms with Crippen molar-refractivity contribution >= 4 is 17.7 Å². The highest BCUT2D eigenvalue weighted by atomic mass is 32.2. The summed E-state index contributed by atoms with van der Waals surface area (Å²) in [7, 11) is 0. The molecule has 3 nitrogen and oxygen atoms in total. The molecule has 1 fully saturated rings. The molecule has 4 heteroatoms. The summed E-state index contributed by atoms with van der Waals surface area (Å²) in [6.07, 6.45) is 0. The molecule has 2 N–H and O–H groups in total. The molecule has 1 atom stereocenters. The zero-order valence-electron chi connectivity index (χ0n) is 10.9. The van der Waals surface area contributed by atoms with Gasteiger partial charge in [-0.3, -0.25) is 4.79 Å². The molecule has 0 bridgehead atoms. The van der Waals surface area contributed by atoms with Gasteiger partial charge in [-0.25, -0.2) is 0 Å². The summed E-state index contributed by atoms with van der Waals surface area (Å²) in [5.41, 5.74) is 0.795. The van der Waals surface area contributed by atoms with E-state index in [-0.39, 0.29) is 17.5 Å². The Bertz CT molecular complexity index is 400. The van der Waals surface area contributed by atoms with E-state index in [2.05, 4.69) is 10.6 Å². The number of thioether (sulfide) groups is 1. The second kappa shape index (κ2) is 5.76. The average Bonchev–Trinajstić information content (AvgIpc) is 2.40. The predicted molar refractivity (Wildman–Crippen MR) is 76.7 cm³/mol. The van der Waals surface area contributed by atoms with Crippen molar-refractivity contribution in [3.63, 3.8) is 0 Å². The van der Waals surface area contributed by atoms with Crippen molar-refractivity contribution < 1.29 is 4.79 Å². The van der Waals surface area contributed by atoms with Gasteiger partial charge < -0.3 is 10.6 Å². The van der Waals surface area contributed by atoms with Crippen LogP contribution in [0.1, 0.15) is 19.4 Å². The molecule has 98 valence electrons. The van der Waals surface area contributed by atoms with Crippen LogP contribution >= 0.6 is 11.8 Å². The maximum atomic E-state index is 12.2. The third kappa shape index (κ3) is 3.27. The van der Waals surface area contributed by atoms with Gasteiger partial charge in [0.1, 0.15) is 0 Å². The largest absolute Gasteiger partial charge is 0.346 e. The number of carbonyl (C=O) groups excluding carboxylic acids is 1. The lowest BCUT2D eigenvalue weighted by Crippen LogP contribution is -2.53. The number of nitrogens with one attached hydrogen (secondary N) is 2. The number of amides is 1. The van der Waals surface area contributed by atoms with E-state index in [4.69, 9.17) is 0 Å². The lowest BCUT2D eigenvalue weighted by Gasteiger charge is -2.30. The monoisotopic (exact) mass is 264 g/mol. The van der Waals surface area contributed by atoms with Crippen molar-refractivity contribution in [1.82, 2.24) is 10.6 Å². The van der Waals surface area contributed by atoms with Crippen molar-refractivity contribution in [1.29, 1.82) is 0 Å². The first-order valence-electron chi connectivity index (χ1n) is 6.28. The minimum atomic E-state index is -0.331. The summed E-state index contributed by atoms with van der Waals surface area (Å²) < 4.78 is 0. The van der Waals surface area contributed by atoms with E-state index in [9.17, 15) is 4.79 Å². The highest BCUT2D eigenvalue weighted by Crippen LogP contribution is 2.20. The van der Waals surface area contributed by atoms with E-state index < -0.39 is 0 Å². The summed E-state index contributed by atoms with van der Waals surface area (Å²) in [6.45, 7) is 4.99. The van der Waals surface area contributed by atoms with Crippen LogP contribution in [0.3, 0.4) is 0 Å². The zero-order chi connectivity index (χ0) is 13.0. The zero-order valence-corrected chi connectivity index (χ0v) is 11.7. The molecule has 1 aromatic rings. The van der Waals surface area contributed by atoms with Gasteiger partial charge in [-0.1, -0.05) is 30.3 Å². The Morgan fingerprint density at radius 1 is 1.39 bits per heavy atom. The fourth-order valence-corrected chi connectivity index (χ4v) is 2.99. The highest BCUT2D eigenvalue weighted by molar-refractivity contribution is 7.99. The van der Waals surface area contributed by atoms with Crippen LogP contribution in [0.15, 0.2) is 30.3 Å². The molecule has 1 heterocycles. The van der Waals surface area contributed by atoms with Crippen molar-refractivity contribution in [3.8, 4) is 0 Å². The molecule has 1 unspecified atom stereocenters. The van der Waals surface area contributed by atoms with Crippen molar-refractivity contribution in [2.75, 3.05) is 18.1 Å². The predicted octanol–water partition coefficient (Wildman–Crippen LogP) is 1.74. The lowest BCUT2D eigenvalue weighted by molar-refractivity contribution is -0.124. The van der Waals surface area contributed by atoms with Gasteiger partial charge in [-0.2, -0.15) is 11.8 Å². The maximum Gasteiger partial charge on any atom is 0.238 e. The van der Waals surface area contributed by atoms with E-state index >= 15 is 0 Å². The SMILES string of the molecule is CC(C)(NC(=O)C1CSCCN1)c1ccccc1. The smallest absolute Gasteiger partial charge is 0.238 e. The minimum absolute atomic E-state index is 0.0632. The normalized spacial score (nSPS) is 20.4. The van der Waals surface area contributed by atoms with E-state index in [1.807, 2.05) is 55.9 Å². The first kappa shape index (κ1) is 13.4. The van der Waals surface area contributed by atoms with E-state index in [0.717, 1.165) is 23.6 Å². The maximum absolute atomic E-state index is 12.2. The Kier molecular flexibility index (Phi) is 4.30. The molecule has 0 aromatic heterocycles. The van der Waals surface area contributed by atoms with Gasteiger partial charge in [0, 0.05) is 18.1 Å². The van der Waals surface area contributed by atoms with E-state index in [0.29, 0.717) is 0 Å². The fourth-order valence-electron chi connectivity index (χ4n) is 2.06. The summed E-state index contributed by atoms with van der Waals surface area (Å²) in [5.74, 6) is 2.04. The molecular weight excluding hydrogens is 244 g/mol. The van der Waals surface area contributed by atoms with Crippen LogP contribution in [0.25, 0.3) is 0 Å². The Morgan fingerprint density at radius 3 is 2.72 bits per heavy atom. The second-order valence-electron chi connectivity index (χ2n) is 5.06. The topological polar surface area (TPSA) is 41.1 Å². The number of rotatable bonds is 3. The molecule has 0 spiro atoms. The number of hydrogen-bond acceptors (Lipinski definition) is 3. The first-order chi connectivity index (χ1) is 8.59. The van der Waals surface area contributed by atoms with Crippen molar-refractivity contribution in [3.05, 3.63) is 35.9 Å². The average molecular weight is 264 g/mol. The lowest BCUT2D eigenvalue weighted by atomic mass is 9.94. The number of benzene rings is 1. The van der Waals surface area contributed by atoms with E-state index in [1.54, 1.807) is 0 Å². The van der Waals surface area contributed by atoms with Gasteiger partial charge in [0.05, 0.1) is 11.6 Å². The molecular formula is C14H20N2OS. The van der Waals surface area contributed by atoms with Crippen LogP contribution in [0, 0.1) is 0 Å². The summed E-state index contributed by atoms with van der Waals surface area (Å²) in [4.78, 5) is 12.2. The number of hydrogen-bond donors (Lipinski definition) is 2. The van der Waals surface area contributed by atoms with Gasteiger partial charge in [0.25, 0.3) is 0 Å². The molecule has 1 aromatic carbocycles. The van der Waals surface area contributed by atoms with Crippen LogP contribution in [0.5, 0.6) is 0 Å². The van der Waals surface area contributed by atoms with Gasteiger partial charge >= 0.3 is 0 Å². The third-order valence-corrected chi connectivity index (χ3v) is 4.23. The molecule has 2 rings (SSSR count). The molecule has 0 saturated carbocycles. The first-order valence-corrected chi connectivity index (χ1v) is 7.44. The fraction of sp³-hybridized carbons (Fsp3) is 0.500. The molecule has 18 heavy (non-hydrogen) atoms. The molecule has 1 aliphatic heterocycles. The van der Waals surface area contributed by atoms with Crippen molar-refractivity contribution in [2.45, 2.75) is 25.4 Å². The van der Waals surface area contributed by atoms with Gasteiger partial charge in [-0.05, 0) is 19.4 Å². The van der Waals surface area contributed by atoms with Crippen molar-refractivity contribution in [2.24, 2.45) is 0 Å². The Hall–Kier alpha value is -1.00. The summed E-state index contributed by atoms with van der Waals surface area (Å²) in [5, 5.41) is 6.39. The highest BCUT2D eigenvalue weighted by Gasteiger charge is 2.27. The summed E-state index contributed by atoms with van der Waals surface area (Å²) in [6, 6.07) is 10.0. The van der Waals surface area contributed by atoms with Gasteiger partial charge in [-0.15, -0.1) is 0 Å². The quantitative estimate of drug-likeness (QED) is 0.874. The third-order valence-electron chi connectivity index (χ3n) is 3.17. The van der Waals surface area contributed by atoms with Crippen LogP contribution in [-0.4, -0.2) is 30.0 Å². The van der Waals surface area contributed by atoms with Gasteiger partial charge in [0.15, 0.2) is 0 Å². The molecule has 1 aliphatic rings. The second-order valence-corrected chi connectivity index (χ2v) is 6.21. The Labute approximate surface area is 113 Å². The van der Waals surface area contributed by atoms with Crippen LogP contribution < -0.4 is 10.6 Å². The molecule has 1 saturated heterocycles. The molecule has 1 amide bonds. The van der Waals surface area contributed by atoms with Gasteiger partial charge in [0.2, 0.25) is 5.91 Å². The molecule has 0 aliphatic carbocycles. The minimum Gasteiger partial charge on any atom is -0.346 e. The summed E-state index contributed by atoms with van der Waals surface area (Å²) >= 11 is 1.83.